The van der Waals surface area contributed by atoms with Gasteiger partial charge in [0.2, 0.25) is 0 Å². The van der Waals surface area contributed by atoms with Crippen LogP contribution in [0.25, 0.3) is 11.3 Å². The molecule has 104 valence electrons. The number of nitrogens with one attached hydrogen (secondary N) is 3. The molecule has 1 saturated heterocycles. The Morgan fingerprint density at radius 2 is 1.95 bits per heavy atom. The van der Waals surface area contributed by atoms with Gasteiger partial charge in [-0.2, -0.15) is 5.10 Å². The molecule has 0 atom stereocenters. The number of H-pyrrole nitrogens is 1. The maximum absolute atomic E-state index is 12.2. The summed E-state index contributed by atoms with van der Waals surface area (Å²) in [5.41, 5.74) is 2.31. The number of benzene rings is 1. The lowest BCUT2D eigenvalue weighted by atomic mass is 10.1. The summed E-state index contributed by atoms with van der Waals surface area (Å²) in [7, 11) is 0. The summed E-state index contributed by atoms with van der Waals surface area (Å²) in [6, 6.07) is 11.9. The van der Waals surface area contributed by atoms with Crippen LogP contribution in [0.15, 0.2) is 36.4 Å². The Bertz CT molecular complexity index is 573. The fraction of sp³-hybridized carbons (Fsp3) is 0.333. The highest BCUT2D eigenvalue weighted by molar-refractivity contribution is 5.93. The van der Waals surface area contributed by atoms with Crippen molar-refractivity contribution >= 4 is 5.91 Å². The number of hydrogen-bond acceptors (Lipinski definition) is 3. The number of aromatic amines is 1. The standard InChI is InChI=1S/C15H18N4O/c20-15(17-12-6-8-16-9-7-12)14-10-13(18-19-14)11-4-2-1-3-5-11/h1-5,10,12,16H,6-9H2,(H,17,20)(H,18,19). The zero-order valence-corrected chi connectivity index (χ0v) is 11.2. The van der Waals surface area contributed by atoms with E-state index in [9.17, 15) is 4.79 Å². The summed E-state index contributed by atoms with van der Waals surface area (Å²) in [6.45, 7) is 1.92. The van der Waals surface area contributed by atoms with Crippen molar-refractivity contribution in [3.05, 3.63) is 42.1 Å². The number of nitrogens with zero attached hydrogens (tertiary/aromatic N) is 1. The molecule has 2 aromatic rings. The topological polar surface area (TPSA) is 69.8 Å². The number of hydrogen-bond donors (Lipinski definition) is 3. The minimum atomic E-state index is -0.0772. The number of carbonyl (C=O) groups is 1. The van der Waals surface area contributed by atoms with Crippen molar-refractivity contribution in [1.29, 1.82) is 0 Å². The fourth-order valence-corrected chi connectivity index (χ4v) is 2.42. The van der Waals surface area contributed by atoms with Gasteiger partial charge < -0.3 is 10.6 Å². The second kappa shape index (κ2) is 5.88. The highest BCUT2D eigenvalue weighted by Gasteiger charge is 2.17. The minimum Gasteiger partial charge on any atom is -0.348 e. The molecule has 2 heterocycles. The van der Waals surface area contributed by atoms with Crippen LogP contribution in [-0.2, 0) is 0 Å². The Hall–Kier alpha value is -2.14. The van der Waals surface area contributed by atoms with Gasteiger partial charge >= 0.3 is 0 Å². The van der Waals surface area contributed by atoms with Crippen LogP contribution < -0.4 is 10.6 Å². The van der Waals surface area contributed by atoms with Crippen LogP contribution in [0.2, 0.25) is 0 Å². The molecule has 5 nitrogen and oxygen atoms in total. The van der Waals surface area contributed by atoms with Crippen molar-refractivity contribution in [1.82, 2.24) is 20.8 Å². The maximum atomic E-state index is 12.2. The van der Waals surface area contributed by atoms with Crippen LogP contribution in [0.3, 0.4) is 0 Å². The van der Waals surface area contributed by atoms with Crippen LogP contribution in [-0.4, -0.2) is 35.2 Å². The zero-order valence-electron chi connectivity index (χ0n) is 11.2. The smallest absolute Gasteiger partial charge is 0.269 e. The molecule has 1 fully saturated rings. The highest BCUT2D eigenvalue weighted by Crippen LogP contribution is 2.17. The molecule has 1 aromatic carbocycles. The molecule has 1 aromatic heterocycles. The van der Waals surface area contributed by atoms with E-state index in [1.807, 2.05) is 30.3 Å². The maximum Gasteiger partial charge on any atom is 0.269 e. The molecule has 0 spiro atoms. The van der Waals surface area contributed by atoms with Gasteiger partial charge in [0.25, 0.3) is 5.91 Å². The average molecular weight is 270 g/mol. The van der Waals surface area contributed by atoms with E-state index in [4.69, 9.17) is 0 Å². The van der Waals surface area contributed by atoms with E-state index in [0.29, 0.717) is 5.69 Å². The van der Waals surface area contributed by atoms with Crippen LogP contribution in [0.5, 0.6) is 0 Å². The molecule has 0 bridgehead atoms. The van der Waals surface area contributed by atoms with Crippen LogP contribution >= 0.6 is 0 Å². The monoisotopic (exact) mass is 270 g/mol. The largest absolute Gasteiger partial charge is 0.348 e. The molecule has 0 unspecified atom stereocenters. The molecule has 0 aliphatic carbocycles. The summed E-state index contributed by atoms with van der Waals surface area (Å²) in [5, 5.41) is 13.3. The quantitative estimate of drug-likeness (QED) is 0.792. The fourth-order valence-electron chi connectivity index (χ4n) is 2.42. The molecule has 0 saturated carbocycles. The third-order valence-corrected chi connectivity index (χ3v) is 3.57. The Kier molecular flexibility index (Phi) is 3.78. The van der Waals surface area contributed by atoms with E-state index >= 15 is 0 Å². The van der Waals surface area contributed by atoms with E-state index in [0.717, 1.165) is 37.2 Å². The third kappa shape index (κ3) is 2.88. The predicted octanol–water partition coefficient (Wildman–Crippen LogP) is 1.56. The average Bonchev–Trinajstić information content (AvgIpc) is 2.99. The number of carbonyl (C=O) groups excluding carboxylic acids is 1. The molecule has 20 heavy (non-hydrogen) atoms. The minimum absolute atomic E-state index is 0.0772. The molecular weight excluding hydrogens is 252 g/mol. The number of aromatic nitrogens is 2. The van der Waals surface area contributed by atoms with Gasteiger partial charge in [0.15, 0.2) is 0 Å². The lowest BCUT2D eigenvalue weighted by Crippen LogP contribution is -2.42. The SMILES string of the molecule is O=C(NC1CCNCC1)c1cc(-c2ccccc2)n[nH]1. The van der Waals surface area contributed by atoms with Crippen molar-refractivity contribution in [2.45, 2.75) is 18.9 Å². The third-order valence-electron chi connectivity index (χ3n) is 3.57. The zero-order chi connectivity index (χ0) is 13.8. The molecule has 0 radical (unpaired) electrons. The first-order valence-corrected chi connectivity index (χ1v) is 6.95. The van der Waals surface area contributed by atoms with Crippen LogP contribution in [0.1, 0.15) is 23.3 Å². The number of piperidine rings is 1. The van der Waals surface area contributed by atoms with Crippen molar-refractivity contribution in [2.24, 2.45) is 0 Å². The summed E-state index contributed by atoms with van der Waals surface area (Å²) in [6.07, 6.45) is 1.96. The van der Waals surface area contributed by atoms with Gasteiger partial charge in [-0.15, -0.1) is 0 Å². The molecular formula is C15H18N4O. The van der Waals surface area contributed by atoms with Gasteiger partial charge in [-0.1, -0.05) is 30.3 Å². The summed E-state index contributed by atoms with van der Waals surface area (Å²) in [5.74, 6) is -0.0772. The molecule has 1 aliphatic heterocycles. The summed E-state index contributed by atoms with van der Waals surface area (Å²) < 4.78 is 0. The molecule has 3 rings (SSSR count). The van der Waals surface area contributed by atoms with Crippen molar-refractivity contribution in [2.75, 3.05) is 13.1 Å². The van der Waals surface area contributed by atoms with E-state index < -0.39 is 0 Å². The number of rotatable bonds is 3. The number of amides is 1. The highest BCUT2D eigenvalue weighted by atomic mass is 16.2. The van der Waals surface area contributed by atoms with E-state index in [-0.39, 0.29) is 11.9 Å². The lowest BCUT2D eigenvalue weighted by molar-refractivity contribution is 0.0924. The van der Waals surface area contributed by atoms with Gasteiger partial charge in [0.05, 0.1) is 5.69 Å². The Balaban J connectivity index is 1.68. The van der Waals surface area contributed by atoms with Gasteiger partial charge in [0.1, 0.15) is 5.69 Å². The normalized spacial score (nSPS) is 16.0. The first-order chi connectivity index (χ1) is 9.83. The van der Waals surface area contributed by atoms with Gasteiger partial charge in [0, 0.05) is 11.6 Å². The summed E-state index contributed by atoms with van der Waals surface area (Å²) >= 11 is 0. The van der Waals surface area contributed by atoms with E-state index in [1.165, 1.54) is 0 Å². The van der Waals surface area contributed by atoms with Crippen molar-refractivity contribution < 1.29 is 4.79 Å². The first kappa shape index (κ1) is 12.9. The molecule has 1 amide bonds. The van der Waals surface area contributed by atoms with Gasteiger partial charge in [-0.05, 0) is 32.0 Å². The lowest BCUT2D eigenvalue weighted by Gasteiger charge is -2.23. The van der Waals surface area contributed by atoms with E-state index in [1.54, 1.807) is 6.07 Å². The van der Waals surface area contributed by atoms with Crippen LogP contribution in [0, 0.1) is 0 Å². The Morgan fingerprint density at radius 1 is 1.20 bits per heavy atom. The van der Waals surface area contributed by atoms with Gasteiger partial charge in [-0.25, -0.2) is 0 Å². The molecule has 3 N–H and O–H groups in total. The summed E-state index contributed by atoms with van der Waals surface area (Å²) in [4.78, 5) is 12.2. The Morgan fingerprint density at radius 3 is 2.70 bits per heavy atom. The second-order valence-corrected chi connectivity index (χ2v) is 5.03. The molecule has 1 aliphatic rings. The van der Waals surface area contributed by atoms with Crippen LogP contribution in [0.4, 0.5) is 0 Å². The first-order valence-electron chi connectivity index (χ1n) is 6.95. The second-order valence-electron chi connectivity index (χ2n) is 5.03. The van der Waals surface area contributed by atoms with Crippen molar-refractivity contribution in [3.63, 3.8) is 0 Å². The van der Waals surface area contributed by atoms with Gasteiger partial charge in [-0.3, -0.25) is 9.89 Å². The van der Waals surface area contributed by atoms with Crippen molar-refractivity contribution in [3.8, 4) is 11.3 Å². The predicted molar refractivity (Wildman–Crippen MR) is 77.4 cm³/mol. The van der Waals surface area contributed by atoms with E-state index in [2.05, 4.69) is 20.8 Å². The Labute approximate surface area is 117 Å². The molecule has 5 heteroatoms.